The van der Waals surface area contributed by atoms with Gasteiger partial charge in [0, 0.05) is 30.4 Å². The topological polar surface area (TPSA) is 93.0 Å². The molecule has 4 unspecified atom stereocenters. The fraction of sp³-hybridized carbons (Fsp3) is 0.586. The van der Waals surface area contributed by atoms with Gasteiger partial charge in [-0.3, -0.25) is 19.5 Å². The van der Waals surface area contributed by atoms with E-state index in [0.717, 1.165) is 34.8 Å². The molecule has 1 aromatic carbocycles. The van der Waals surface area contributed by atoms with E-state index in [-0.39, 0.29) is 21.9 Å². The molecule has 9 heteroatoms. The number of nitrogens with zero attached hydrogens (tertiary/aromatic N) is 4. The number of para-hydroxylation sites is 2. The molecule has 0 amide bonds. The van der Waals surface area contributed by atoms with Gasteiger partial charge in [0.05, 0.1) is 15.5 Å². The predicted molar refractivity (Wildman–Crippen MR) is 150 cm³/mol. The Bertz CT molecular complexity index is 1530. The van der Waals surface area contributed by atoms with Gasteiger partial charge in [-0.2, -0.15) is 0 Å². The first-order chi connectivity index (χ1) is 18.5. The molecule has 2 saturated heterocycles. The summed E-state index contributed by atoms with van der Waals surface area (Å²) in [5.41, 5.74) is -0.00224. The fourth-order valence-electron chi connectivity index (χ4n) is 8.40. The lowest BCUT2D eigenvalue weighted by atomic mass is 9.68. The molecular formula is C29H34BrN5O3. The lowest BCUT2D eigenvalue weighted by Gasteiger charge is -2.55. The predicted octanol–water partition coefficient (Wildman–Crippen LogP) is 4.53. The second-order valence-corrected chi connectivity index (χ2v) is 12.9. The Morgan fingerprint density at radius 3 is 2.24 bits per heavy atom. The number of aromatic amines is 1. The SMILES string of the molecule is O=c1[nH]c(=O)n(-c2nc3ccccc3n(C3CC4CCCC(C3)N4C3CC4CCCC(C4)C3)c2=O)cc1Br. The van der Waals surface area contributed by atoms with Crippen molar-refractivity contribution in [2.45, 2.75) is 94.8 Å². The normalized spacial score (nSPS) is 31.4. The maximum atomic E-state index is 14.1. The minimum Gasteiger partial charge on any atom is -0.300 e. The van der Waals surface area contributed by atoms with Crippen molar-refractivity contribution in [1.29, 1.82) is 0 Å². The van der Waals surface area contributed by atoms with E-state index in [1.54, 1.807) is 0 Å². The minimum absolute atomic E-state index is 0.0262. The molecule has 2 saturated carbocycles. The summed E-state index contributed by atoms with van der Waals surface area (Å²) in [5, 5.41) is 0. The molecule has 4 heterocycles. The van der Waals surface area contributed by atoms with Crippen molar-refractivity contribution in [3.63, 3.8) is 0 Å². The average molecular weight is 581 g/mol. The number of hydrogen-bond donors (Lipinski definition) is 1. The Labute approximate surface area is 229 Å². The van der Waals surface area contributed by atoms with Crippen molar-refractivity contribution < 1.29 is 0 Å². The van der Waals surface area contributed by atoms with Gasteiger partial charge in [-0.15, -0.1) is 0 Å². The second kappa shape index (κ2) is 9.59. The van der Waals surface area contributed by atoms with Crippen LogP contribution in [0.25, 0.3) is 16.9 Å². The second-order valence-electron chi connectivity index (χ2n) is 12.0. The fourth-order valence-corrected chi connectivity index (χ4v) is 8.71. The number of nitrogens with one attached hydrogen (secondary N) is 1. The Morgan fingerprint density at radius 2 is 1.50 bits per heavy atom. The van der Waals surface area contributed by atoms with E-state index in [2.05, 4.69) is 30.8 Å². The molecular weight excluding hydrogens is 546 g/mol. The summed E-state index contributed by atoms with van der Waals surface area (Å²) in [6.45, 7) is 0. The van der Waals surface area contributed by atoms with Gasteiger partial charge >= 0.3 is 5.69 Å². The summed E-state index contributed by atoms with van der Waals surface area (Å²) in [5.74, 6) is 1.82. The third-order valence-corrected chi connectivity index (χ3v) is 10.4. The Hall–Kier alpha value is -2.52. The van der Waals surface area contributed by atoms with E-state index in [4.69, 9.17) is 0 Å². The highest BCUT2D eigenvalue weighted by atomic mass is 79.9. The van der Waals surface area contributed by atoms with Gasteiger partial charge in [0.25, 0.3) is 11.1 Å². The Balaban J connectivity index is 1.29. The molecule has 1 N–H and O–H groups in total. The maximum Gasteiger partial charge on any atom is 0.334 e. The van der Waals surface area contributed by atoms with Crippen LogP contribution in [-0.2, 0) is 0 Å². The summed E-state index contributed by atoms with van der Waals surface area (Å²) in [6, 6.07) is 9.41. The van der Waals surface area contributed by atoms with E-state index in [1.165, 1.54) is 64.0 Å². The van der Waals surface area contributed by atoms with Crippen molar-refractivity contribution in [2.75, 3.05) is 0 Å². The standard InChI is InChI=1S/C29H34BrN5O3/c30-23-16-33(29(38)32-27(23)36)26-28(37)35(25-10-2-1-9-24(25)31-26)22-14-19-7-4-8-20(15-22)34(19)21-12-17-5-3-6-18(11-17)13-21/h1-2,9-10,16-22H,3-8,11-15H2,(H,32,36,38). The van der Waals surface area contributed by atoms with Gasteiger partial charge < -0.3 is 4.57 Å². The van der Waals surface area contributed by atoms with Gasteiger partial charge in [-0.1, -0.05) is 37.8 Å². The van der Waals surface area contributed by atoms with Gasteiger partial charge in [0.2, 0.25) is 5.82 Å². The number of piperidine rings is 2. The molecule has 2 aromatic heterocycles. The zero-order valence-electron chi connectivity index (χ0n) is 21.5. The van der Waals surface area contributed by atoms with Gasteiger partial charge in [0.15, 0.2) is 0 Å². The molecule has 4 bridgehead atoms. The van der Waals surface area contributed by atoms with Crippen molar-refractivity contribution in [3.05, 3.63) is 66.1 Å². The number of halogens is 1. The lowest BCUT2D eigenvalue weighted by molar-refractivity contribution is -0.0485. The zero-order chi connectivity index (χ0) is 26.0. The molecule has 0 radical (unpaired) electrons. The molecule has 38 heavy (non-hydrogen) atoms. The van der Waals surface area contributed by atoms with Crippen molar-refractivity contribution in [2.24, 2.45) is 11.8 Å². The number of H-pyrrole nitrogens is 1. The van der Waals surface area contributed by atoms with E-state index < -0.39 is 11.2 Å². The number of benzene rings is 1. The maximum absolute atomic E-state index is 14.1. The number of fused-ring (bicyclic) bond motifs is 5. The summed E-state index contributed by atoms with van der Waals surface area (Å²) in [7, 11) is 0. The van der Waals surface area contributed by atoms with Gasteiger partial charge in [0.1, 0.15) is 0 Å². The van der Waals surface area contributed by atoms with E-state index in [9.17, 15) is 14.4 Å². The monoisotopic (exact) mass is 579 g/mol. The van der Waals surface area contributed by atoms with Crippen LogP contribution in [0.4, 0.5) is 0 Å². The molecule has 200 valence electrons. The van der Waals surface area contributed by atoms with Crippen LogP contribution in [0.5, 0.6) is 0 Å². The molecule has 4 atom stereocenters. The molecule has 0 spiro atoms. The molecule has 7 rings (SSSR count). The van der Waals surface area contributed by atoms with Crippen LogP contribution in [0.1, 0.15) is 76.7 Å². The first-order valence-corrected chi connectivity index (χ1v) is 15.1. The number of hydrogen-bond acceptors (Lipinski definition) is 5. The largest absolute Gasteiger partial charge is 0.334 e. The van der Waals surface area contributed by atoms with E-state index in [0.29, 0.717) is 23.6 Å². The summed E-state index contributed by atoms with van der Waals surface area (Å²) >= 11 is 3.20. The van der Waals surface area contributed by atoms with Crippen LogP contribution in [-0.4, -0.2) is 42.1 Å². The third kappa shape index (κ3) is 4.13. The van der Waals surface area contributed by atoms with Gasteiger partial charge in [-0.25, -0.2) is 14.3 Å². The molecule has 4 fully saturated rings. The number of aromatic nitrogens is 4. The van der Waals surface area contributed by atoms with Crippen LogP contribution in [0.15, 0.2) is 49.3 Å². The summed E-state index contributed by atoms with van der Waals surface area (Å²) in [6.07, 6.45) is 15.2. The lowest BCUT2D eigenvalue weighted by Crippen LogP contribution is -2.58. The molecule has 8 nitrogen and oxygen atoms in total. The van der Waals surface area contributed by atoms with Crippen LogP contribution in [0.2, 0.25) is 0 Å². The zero-order valence-corrected chi connectivity index (χ0v) is 23.1. The molecule has 4 aliphatic rings. The highest BCUT2D eigenvalue weighted by Crippen LogP contribution is 2.47. The van der Waals surface area contributed by atoms with Crippen molar-refractivity contribution >= 4 is 27.0 Å². The quantitative estimate of drug-likeness (QED) is 0.492. The first-order valence-electron chi connectivity index (χ1n) is 14.3. The first kappa shape index (κ1) is 24.5. The molecule has 2 aliphatic heterocycles. The van der Waals surface area contributed by atoms with Crippen LogP contribution in [0, 0.1) is 11.8 Å². The third-order valence-electron chi connectivity index (χ3n) is 9.80. The van der Waals surface area contributed by atoms with Crippen LogP contribution in [0.3, 0.4) is 0 Å². The molecule has 2 aliphatic carbocycles. The minimum atomic E-state index is -0.667. The summed E-state index contributed by atoms with van der Waals surface area (Å²) < 4.78 is 3.24. The van der Waals surface area contributed by atoms with Crippen molar-refractivity contribution in [3.8, 4) is 5.82 Å². The highest BCUT2D eigenvalue weighted by molar-refractivity contribution is 9.10. The Kier molecular flexibility index (Phi) is 6.19. The average Bonchev–Trinajstić information content (AvgIpc) is 2.89. The van der Waals surface area contributed by atoms with E-state index >= 15 is 0 Å². The Morgan fingerprint density at radius 1 is 0.816 bits per heavy atom. The van der Waals surface area contributed by atoms with Crippen molar-refractivity contribution in [1.82, 2.24) is 24.0 Å². The van der Waals surface area contributed by atoms with Crippen LogP contribution < -0.4 is 16.8 Å². The van der Waals surface area contributed by atoms with E-state index in [1.807, 2.05) is 28.8 Å². The molecule has 3 aromatic rings. The highest BCUT2D eigenvalue weighted by Gasteiger charge is 2.45. The van der Waals surface area contributed by atoms with Gasteiger partial charge in [-0.05, 0) is 84.8 Å². The van der Waals surface area contributed by atoms with Crippen LogP contribution >= 0.6 is 15.9 Å². The summed E-state index contributed by atoms with van der Waals surface area (Å²) in [4.78, 5) is 48.5. The smallest absolute Gasteiger partial charge is 0.300 e. The number of rotatable bonds is 3.